The molecule has 2 unspecified atom stereocenters. The Balaban J connectivity index is 2.24. The Hall–Kier alpha value is -1.14. The fourth-order valence-electron chi connectivity index (χ4n) is 2.58. The van der Waals surface area contributed by atoms with E-state index in [9.17, 15) is 8.42 Å². The molecule has 0 radical (unpaired) electrons. The molecule has 1 fully saturated rings. The minimum atomic E-state index is -2.87. The summed E-state index contributed by atoms with van der Waals surface area (Å²) in [4.78, 5) is 4.15. The van der Waals surface area contributed by atoms with Crippen molar-refractivity contribution in [2.75, 3.05) is 25.2 Å². The van der Waals surface area contributed by atoms with E-state index >= 15 is 0 Å². The Kier molecular flexibility index (Phi) is 4.42. The average Bonchev–Trinajstić information content (AvgIpc) is 2.76. The lowest BCUT2D eigenvalue weighted by Gasteiger charge is -2.23. The van der Waals surface area contributed by atoms with Crippen molar-refractivity contribution < 1.29 is 13.2 Å². The summed E-state index contributed by atoms with van der Waals surface area (Å²) < 4.78 is 28.5. The van der Waals surface area contributed by atoms with Crippen molar-refractivity contribution >= 4 is 9.84 Å². The Morgan fingerprint density at radius 2 is 2.32 bits per heavy atom. The molecule has 2 rings (SSSR count). The number of methoxy groups -OCH3 is 1. The molecule has 0 amide bonds. The highest BCUT2D eigenvalue weighted by Gasteiger charge is 2.34. The minimum absolute atomic E-state index is 0.0184. The van der Waals surface area contributed by atoms with Crippen LogP contribution in [0.4, 0.5) is 0 Å². The molecule has 1 saturated heterocycles. The number of sulfone groups is 1. The minimum Gasteiger partial charge on any atom is -0.495 e. The summed E-state index contributed by atoms with van der Waals surface area (Å²) in [7, 11) is -1.27. The highest BCUT2D eigenvalue weighted by Crippen LogP contribution is 2.32. The summed E-state index contributed by atoms with van der Waals surface area (Å²) >= 11 is 0. The summed E-state index contributed by atoms with van der Waals surface area (Å²) in [6.07, 6.45) is 4.13. The van der Waals surface area contributed by atoms with Crippen molar-refractivity contribution in [3.05, 3.63) is 24.0 Å². The number of nitrogens with zero attached hydrogens (tertiary/aromatic N) is 1. The zero-order chi connectivity index (χ0) is 13.9. The Morgan fingerprint density at radius 3 is 2.89 bits per heavy atom. The molecule has 0 spiro atoms. The van der Waals surface area contributed by atoms with Crippen molar-refractivity contribution in [2.45, 2.75) is 19.4 Å². The molecule has 0 saturated carbocycles. The monoisotopic (exact) mass is 284 g/mol. The van der Waals surface area contributed by atoms with Gasteiger partial charge in [-0.25, -0.2) is 8.42 Å². The summed E-state index contributed by atoms with van der Waals surface area (Å²) in [6.45, 7) is 2.81. The van der Waals surface area contributed by atoms with E-state index in [0.29, 0.717) is 12.2 Å². The molecule has 0 aliphatic carbocycles. The molecule has 0 aromatic carbocycles. The first-order chi connectivity index (χ1) is 9.05. The fourth-order valence-corrected chi connectivity index (χ4v) is 4.42. The average molecular weight is 284 g/mol. The molecule has 1 aromatic rings. The van der Waals surface area contributed by atoms with Crippen LogP contribution < -0.4 is 10.1 Å². The van der Waals surface area contributed by atoms with Crippen LogP contribution in [0.1, 0.15) is 24.9 Å². The first kappa shape index (κ1) is 14.3. The zero-order valence-corrected chi connectivity index (χ0v) is 12.1. The lowest BCUT2D eigenvalue weighted by atomic mass is 9.93. The summed E-state index contributed by atoms with van der Waals surface area (Å²) in [5.74, 6) is 1.35. The van der Waals surface area contributed by atoms with Gasteiger partial charge in [0.25, 0.3) is 0 Å². The lowest BCUT2D eigenvalue weighted by Crippen LogP contribution is -2.29. The largest absolute Gasteiger partial charge is 0.495 e. The first-order valence-corrected chi connectivity index (χ1v) is 8.30. The van der Waals surface area contributed by atoms with Gasteiger partial charge in [0.1, 0.15) is 5.75 Å². The molecule has 2 heterocycles. The van der Waals surface area contributed by atoms with Gasteiger partial charge in [0.05, 0.1) is 24.8 Å². The number of nitrogens with one attached hydrogen (secondary N) is 1. The van der Waals surface area contributed by atoms with Gasteiger partial charge in [-0.15, -0.1) is 0 Å². The molecule has 1 aliphatic rings. The van der Waals surface area contributed by atoms with E-state index in [2.05, 4.69) is 10.3 Å². The highest BCUT2D eigenvalue weighted by atomic mass is 32.2. The van der Waals surface area contributed by atoms with Gasteiger partial charge in [0.15, 0.2) is 9.84 Å². The van der Waals surface area contributed by atoms with E-state index in [1.54, 1.807) is 19.5 Å². The van der Waals surface area contributed by atoms with E-state index in [1.807, 2.05) is 13.0 Å². The van der Waals surface area contributed by atoms with Crippen LogP contribution in [-0.2, 0) is 9.84 Å². The second-order valence-electron chi connectivity index (χ2n) is 4.86. The van der Waals surface area contributed by atoms with Gasteiger partial charge in [0, 0.05) is 12.2 Å². The van der Waals surface area contributed by atoms with E-state index in [1.165, 1.54) is 0 Å². The lowest BCUT2D eigenvalue weighted by molar-refractivity contribution is 0.389. The van der Waals surface area contributed by atoms with Gasteiger partial charge in [-0.3, -0.25) is 4.98 Å². The maximum absolute atomic E-state index is 11.6. The van der Waals surface area contributed by atoms with Gasteiger partial charge in [0.2, 0.25) is 0 Å². The predicted octanol–water partition coefficient (Wildman–Crippen LogP) is 1.18. The van der Waals surface area contributed by atoms with Gasteiger partial charge in [-0.05, 0) is 30.5 Å². The highest BCUT2D eigenvalue weighted by molar-refractivity contribution is 7.91. The van der Waals surface area contributed by atoms with Crippen molar-refractivity contribution in [1.82, 2.24) is 10.3 Å². The Bertz CT molecular complexity index is 530. The van der Waals surface area contributed by atoms with Crippen LogP contribution in [0, 0.1) is 5.92 Å². The normalized spacial score (nSPS) is 23.2. The van der Waals surface area contributed by atoms with Gasteiger partial charge in [-0.2, -0.15) is 0 Å². The molecule has 0 bridgehead atoms. The zero-order valence-electron chi connectivity index (χ0n) is 11.3. The third kappa shape index (κ3) is 3.45. The third-order valence-corrected chi connectivity index (χ3v) is 5.29. The number of rotatable bonds is 5. The van der Waals surface area contributed by atoms with Crippen LogP contribution in [-0.4, -0.2) is 38.6 Å². The van der Waals surface area contributed by atoms with Crippen LogP contribution >= 0.6 is 0 Å². The number of ether oxygens (including phenoxy) is 1. The Morgan fingerprint density at radius 1 is 1.53 bits per heavy atom. The molecule has 1 aliphatic heterocycles. The van der Waals surface area contributed by atoms with Crippen LogP contribution in [0.5, 0.6) is 5.75 Å². The van der Waals surface area contributed by atoms with Crippen LogP contribution in [0.3, 0.4) is 0 Å². The van der Waals surface area contributed by atoms with Gasteiger partial charge in [-0.1, -0.05) is 6.92 Å². The van der Waals surface area contributed by atoms with Crippen LogP contribution in [0.15, 0.2) is 18.5 Å². The number of hydrogen-bond acceptors (Lipinski definition) is 5. The second-order valence-corrected chi connectivity index (χ2v) is 7.09. The maximum Gasteiger partial charge on any atom is 0.150 e. The topological polar surface area (TPSA) is 68.3 Å². The molecule has 5 nitrogen and oxygen atoms in total. The molecule has 106 valence electrons. The van der Waals surface area contributed by atoms with Crippen LogP contribution in [0.2, 0.25) is 0 Å². The van der Waals surface area contributed by atoms with Crippen LogP contribution in [0.25, 0.3) is 0 Å². The first-order valence-electron chi connectivity index (χ1n) is 6.48. The number of pyridine rings is 1. The molecule has 19 heavy (non-hydrogen) atoms. The summed E-state index contributed by atoms with van der Waals surface area (Å²) in [6, 6.07) is 1.94. The number of aromatic nitrogens is 1. The van der Waals surface area contributed by atoms with Crippen molar-refractivity contribution in [1.29, 1.82) is 0 Å². The molecule has 1 N–H and O–H groups in total. The molecule has 6 heteroatoms. The molecule has 1 aromatic heterocycles. The summed E-state index contributed by atoms with van der Waals surface area (Å²) in [5.41, 5.74) is 0.989. The van der Waals surface area contributed by atoms with E-state index in [4.69, 9.17) is 4.74 Å². The van der Waals surface area contributed by atoms with E-state index in [-0.39, 0.29) is 23.5 Å². The Labute approximate surface area is 114 Å². The molecule has 2 atom stereocenters. The molecular weight excluding hydrogens is 264 g/mol. The number of hydrogen-bond donors (Lipinski definition) is 1. The standard InChI is InChI=1S/C13H20N2O3S/c1-3-15-13(10-4-5-19(16,17)9-10)11-6-12(18-2)8-14-7-11/h6-8,10,13,15H,3-5,9H2,1-2H3. The maximum atomic E-state index is 11.6. The van der Waals surface area contributed by atoms with Gasteiger partial charge >= 0.3 is 0 Å². The smallest absolute Gasteiger partial charge is 0.150 e. The van der Waals surface area contributed by atoms with Crippen molar-refractivity contribution in [3.63, 3.8) is 0 Å². The van der Waals surface area contributed by atoms with E-state index < -0.39 is 9.84 Å². The van der Waals surface area contributed by atoms with Crippen molar-refractivity contribution in [2.24, 2.45) is 5.92 Å². The van der Waals surface area contributed by atoms with Gasteiger partial charge < -0.3 is 10.1 Å². The SMILES string of the molecule is CCNC(c1cncc(OC)c1)C1CCS(=O)(=O)C1. The molecular formula is C13H20N2O3S. The quantitative estimate of drug-likeness (QED) is 0.879. The predicted molar refractivity (Wildman–Crippen MR) is 74.0 cm³/mol. The van der Waals surface area contributed by atoms with Crippen molar-refractivity contribution in [3.8, 4) is 5.75 Å². The fraction of sp³-hybridized carbons (Fsp3) is 0.615. The third-order valence-electron chi connectivity index (χ3n) is 3.49. The van der Waals surface area contributed by atoms with E-state index in [0.717, 1.165) is 12.1 Å². The summed E-state index contributed by atoms with van der Waals surface area (Å²) in [5, 5.41) is 3.37. The second kappa shape index (κ2) is 5.88.